The number of hydrogen-bond donors (Lipinski definition) is 1. The summed E-state index contributed by atoms with van der Waals surface area (Å²) in [6.45, 7) is 0. The van der Waals surface area contributed by atoms with Gasteiger partial charge in [0, 0.05) is 18.0 Å². The molecule has 0 radical (unpaired) electrons. The molecule has 0 fully saturated rings. The summed E-state index contributed by atoms with van der Waals surface area (Å²) >= 11 is 0. The summed E-state index contributed by atoms with van der Waals surface area (Å²) in [6.07, 6.45) is 3.25. The predicted molar refractivity (Wildman–Crippen MR) is 96.0 cm³/mol. The highest BCUT2D eigenvalue weighted by atomic mass is 16.5. The van der Waals surface area contributed by atoms with E-state index in [0.717, 1.165) is 16.3 Å². The topological polar surface area (TPSA) is 90.1 Å². The lowest BCUT2D eigenvalue weighted by atomic mass is 10.1. The van der Waals surface area contributed by atoms with Crippen molar-refractivity contribution in [3.63, 3.8) is 0 Å². The van der Waals surface area contributed by atoms with Crippen molar-refractivity contribution in [3.8, 4) is 17.2 Å². The lowest BCUT2D eigenvalue weighted by molar-refractivity contribution is 0.102. The lowest BCUT2D eigenvalue weighted by Gasteiger charge is -2.09. The number of fused-ring (bicyclic) bond motifs is 1. The number of aromatic nitrogens is 3. The molecule has 4 rings (SSSR count). The Morgan fingerprint density at radius 2 is 1.77 bits per heavy atom. The Hall–Kier alpha value is -3.74. The number of methoxy groups -OCH3 is 1. The van der Waals surface area contributed by atoms with Crippen LogP contribution in [0.25, 0.3) is 22.2 Å². The number of anilines is 1. The van der Waals surface area contributed by atoms with Gasteiger partial charge in [0.2, 0.25) is 5.89 Å². The zero-order chi connectivity index (χ0) is 17.9. The zero-order valence-corrected chi connectivity index (χ0v) is 13.8. The van der Waals surface area contributed by atoms with Crippen molar-refractivity contribution in [3.05, 3.63) is 66.5 Å². The fourth-order valence-electron chi connectivity index (χ4n) is 2.62. The van der Waals surface area contributed by atoms with Crippen LogP contribution >= 0.6 is 0 Å². The molecule has 0 spiro atoms. The maximum Gasteiger partial charge on any atom is 0.322 e. The van der Waals surface area contributed by atoms with E-state index in [2.05, 4.69) is 20.5 Å². The van der Waals surface area contributed by atoms with Gasteiger partial charge in [0.05, 0.1) is 12.7 Å². The third-order valence-electron chi connectivity index (χ3n) is 3.89. The molecule has 0 saturated carbocycles. The highest BCUT2D eigenvalue weighted by Gasteiger charge is 2.17. The number of carbonyl (C=O) groups is 1. The maximum atomic E-state index is 12.7. The molecule has 7 heteroatoms. The summed E-state index contributed by atoms with van der Waals surface area (Å²) in [5.74, 6) is 0.376. The van der Waals surface area contributed by atoms with E-state index in [-0.39, 0.29) is 6.01 Å². The number of nitrogens with one attached hydrogen (secondary N) is 1. The van der Waals surface area contributed by atoms with E-state index in [1.807, 2.05) is 30.3 Å². The third kappa shape index (κ3) is 2.98. The Morgan fingerprint density at radius 1 is 1.04 bits per heavy atom. The van der Waals surface area contributed by atoms with E-state index in [1.165, 1.54) is 7.11 Å². The molecule has 7 nitrogen and oxygen atoms in total. The Kier molecular flexibility index (Phi) is 4.03. The van der Waals surface area contributed by atoms with Crippen molar-refractivity contribution in [2.24, 2.45) is 0 Å². The fourth-order valence-corrected chi connectivity index (χ4v) is 2.62. The number of hydrogen-bond acceptors (Lipinski definition) is 6. The number of ether oxygens (including phenoxy) is 1. The van der Waals surface area contributed by atoms with Crippen molar-refractivity contribution in [2.75, 3.05) is 12.4 Å². The molecule has 0 aliphatic rings. The fraction of sp³-hybridized carbons (Fsp3) is 0.0526. The second kappa shape index (κ2) is 6.64. The van der Waals surface area contributed by atoms with Crippen LogP contribution in [0.4, 0.5) is 6.01 Å². The van der Waals surface area contributed by atoms with Crippen molar-refractivity contribution in [1.29, 1.82) is 0 Å². The first kappa shape index (κ1) is 15.8. The van der Waals surface area contributed by atoms with Gasteiger partial charge < -0.3 is 9.15 Å². The minimum absolute atomic E-state index is 0.0111. The second-order valence-corrected chi connectivity index (χ2v) is 5.50. The molecule has 1 amide bonds. The first-order chi connectivity index (χ1) is 12.7. The summed E-state index contributed by atoms with van der Waals surface area (Å²) in [6, 6.07) is 14.8. The summed E-state index contributed by atoms with van der Waals surface area (Å²) in [5.41, 5.74) is 1.10. The first-order valence-corrected chi connectivity index (χ1v) is 7.86. The third-order valence-corrected chi connectivity index (χ3v) is 3.89. The molecule has 128 valence electrons. The molecule has 2 aromatic heterocycles. The molecule has 1 N–H and O–H groups in total. The number of benzene rings is 2. The average molecular weight is 346 g/mol. The highest BCUT2D eigenvalue weighted by molar-refractivity contribution is 6.07. The van der Waals surface area contributed by atoms with Crippen molar-refractivity contribution in [2.45, 2.75) is 0 Å². The van der Waals surface area contributed by atoms with Gasteiger partial charge in [-0.2, -0.15) is 0 Å². The number of carbonyl (C=O) groups excluding carboxylic acids is 1. The Morgan fingerprint density at radius 3 is 2.50 bits per heavy atom. The molecule has 0 saturated heterocycles. The zero-order valence-electron chi connectivity index (χ0n) is 13.8. The van der Waals surface area contributed by atoms with Crippen LogP contribution < -0.4 is 10.1 Å². The van der Waals surface area contributed by atoms with E-state index in [1.54, 1.807) is 30.6 Å². The van der Waals surface area contributed by atoms with Gasteiger partial charge in [0.25, 0.3) is 5.91 Å². The Labute approximate surface area is 148 Å². The van der Waals surface area contributed by atoms with Crippen LogP contribution in [0.3, 0.4) is 0 Å². The smallest absolute Gasteiger partial charge is 0.322 e. The highest BCUT2D eigenvalue weighted by Crippen LogP contribution is 2.27. The van der Waals surface area contributed by atoms with E-state index in [4.69, 9.17) is 9.15 Å². The molecule has 0 atom stereocenters. The largest absolute Gasteiger partial charge is 0.496 e. The van der Waals surface area contributed by atoms with Gasteiger partial charge in [0.15, 0.2) is 0 Å². The van der Waals surface area contributed by atoms with E-state index in [9.17, 15) is 4.79 Å². The summed E-state index contributed by atoms with van der Waals surface area (Å²) in [5, 5.41) is 12.3. The summed E-state index contributed by atoms with van der Waals surface area (Å²) in [4.78, 5) is 16.6. The quantitative estimate of drug-likeness (QED) is 0.608. The SMILES string of the molecule is COc1cc2ccccc2cc1C(=O)Nc1nnc(-c2ccncc2)o1. The van der Waals surface area contributed by atoms with Gasteiger partial charge in [-0.15, -0.1) is 5.10 Å². The minimum atomic E-state index is -0.391. The van der Waals surface area contributed by atoms with Gasteiger partial charge in [-0.1, -0.05) is 29.4 Å². The number of rotatable bonds is 4. The normalized spacial score (nSPS) is 10.7. The minimum Gasteiger partial charge on any atom is -0.496 e. The molecule has 4 aromatic rings. The number of amides is 1. The lowest BCUT2D eigenvalue weighted by Crippen LogP contribution is -2.13. The molecular weight excluding hydrogens is 332 g/mol. The molecule has 0 bridgehead atoms. The maximum absolute atomic E-state index is 12.7. The molecule has 2 heterocycles. The van der Waals surface area contributed by atoms with E-state index >= 15 is 0 Å². The van der Waals surface area contributed by atoms with Crippen LogP contribution in [0.2, 0.25) is 0 Å². The second-order valence-electron chi connectivity index (χ2n) is 5.50. The molecule has 0 aliphatic carbocycles. The van der Waals surface area contributed by atoms with Crippen molar-refractivity contribution < 1.29 is 13.9 Å². The molecule has 2 aromatic carbocycles. The van der Waals surface area contributed by atoms with Gasteiger partial charge in [-0.3, -0.25) is 15.1 Å². The molecule has 26 heavy (non-hydrogen) atoms. The average Bonchev–Trinajstić information content (AvgIpc) is 3.16. The summed E-state index contributed by atoms with van der Waals surface area (Å²) in [7, 11) is 1.52. The van der Waals surface area contributed by atoms with Crippen molar-refractivity contribution in [1.82, 2.24) is 15.2 Å². The number of nitrogens with zero attached hydrogens (tertiary/aromatic N) is 3. The van der Waals surface area contributed by atoms with Gasteiger partial charge in [-0.25, -0.2) is 0 Å². The van der Waals surface area contributed by atoms with Gasteiger partial charge >= 0.3 is 6.01 Å². The van der Waals surface area contributed by atoms with Gasteiger partial charge in [-0.05, 0) is 35.0 Å². The van der Waals surface area contributed by atoms with Crippen LogP contribution in [0.1, 0.15) is 10.4 Å². The molecular formula is C19H14N4O3. The predicted octanol–water partition coefficient (Wildman–Crippen LogP) is 3.55. The first-order valence-electron chi connectivity index (χ1n) is 7.86. The van der Waals surface area contributed by atoms with Crippen LogP contribution in [-0.4, -0.2) is 28.2 Å². The standard InChI is InChI=1S/C19H14N4O3/c1-25-16-11-14-5-3-2-4-13(14)10-15(16)17(24)21-19-23-22-18(26-19)12-6-8-20-9-7-12/h2-11H,1H3,(H,21,23,24). The number of pyridine rings is 1. The molecule has 0 aliphatic heterocycles. The van der Waals surface area contributed by atoms with Gasteiger partial charge in [0.1, 0.15) is 5.75 Å². The summed E-state index contributed by atoms with van der Waals surface area (Å²) < 4.78 is 10.9. The Bertz CT molecular complexity index is 1080. The van der Waals surface area contributed by atoms with Crippen LogP contribution in [0, 0.1) is 0 Å². The van der Waals surface area contributed by atoms with Crippen molar-refractivity contribution >= 4 is 22.7 Å². The van der Waals surface area contributed by atoms with Crippen LogP contribution in [0.15, 0.2) is 65.3 Å². The monoisotopic (exact) mass is 346 g/mol. The van der Waals surface area contributed by atoms with Crippen LogP contribution in [-0.2, 0) is 0 Å². The Balaban J connectivity index is 1.62. The van der Waals surface area contributed by atoms with Crippen LogP contribution in [0.5, 0.6) is 5.75 Å². The van der Waals surface area contributed by atoms with E-state index in [0.29, 0.717) is 17.2 Å². The molecule has 0 unspecified atom stereocenters. The van der Waals surface area contributed by atoms with E-state index < -0.39 is 5.91 Å².